The van der Waals surface area contributed by atoms with Gasteiger partial charge in [-0.05, 0) is 28.8 Å². The molecule has 3 rings (SSSR count). The summed E-state index contributed by atoms with van der Waals surface area (Å²) in [4.78, 5) is 13.1. The van der Waals surface area contributed by atoms with Crippen molar-refractivity contribution in [3.05, 3.63) is 34.0 Å². The molecule has 3 aromatic rings. The summed E-state index contributed by atoms with van der Waals surface area (Å²) in [5.41, 5.74) is 4.02. The van der Waals surface area contributed by atoms with Gasteiger partial charge < -0.3 is 9.30 Å². The Bertz CT molecular complexity index is 768. The van der Waals surface area contributed by atoms with Gasteiger partial charge in [0, 0.05) is 12.3 Å². The Morgan fingerprint density at radius 2 is 2.19 bits per heavy atom. The standard InChI is InChI=1S/C14H15ClN4OS/c1-9-6-21-7-10(9)5-19-11(3-4-15)18-12-13(19)16-8-17-14(12)20-2/h6-8H,3-5H2,1-2H3. The fourth-order valence-corrected chi connectivity index (χ4v) is 3.29. The van der Waals surface area contributed by atoms with Crippen molar-refractivity contribution in [1.29, 1.82) is 0 Å². The first-order valence-electron chi connectivity index (χ1n) is 6.56. The summed E-state index contributed by atoms with van der Waals surface area (Å²) < 4.78 is 7.37. The van der Waals surface area contributed by atoms with E-state index < -0.39 is 0 Å². The Labute approximate surface area is 131 Å². The summed E-state index contributed by atoms with van der Waals surface area (Å²) in [7, 11) is 1.59. The zero-order chi connectivity index (χ0) is 14.8. The van der Waals surface area contributed by atoms with Crippen LogP contribution >= 0.6 is 22.9 Å². The molecular weight excluding hydrogens is 308 g/mol. The number of thiophene rings is 1. The van der Waals surface area contributed by atoms with Gasteiger partial charge in [0.1, 0.15) is 12.2 Å². The van der Waals surface area contributed by atoms with Crippen LogP contribution in [0.1, 0.15) is 17.0 Å². The molecule has 21 heavy (non-hydrogen) atoms. The van der Waals surface area contributed by atoms with Gasteiger partial charge in [-0.2, -0.15) is 16.3 Å². The summed E-state index contributed by atoms with van der Waals surface area (Å²) in [5, 5.41) is 4.30. The predicted molar refractivity (Wildman–Crippen MR) is 84.5 cm³/mol. The quantitative estimate of drug-likeness (QED) is 0.677. The highest BCUT2D eigenvalue weighted by molar-refractivity contribution is 7.08. The lowest BCUT2D eigenvalue weighted by Crippen LogP contribution is -2.07. The predicted octanol–water partition coefficient (Wildman–Crippen LogP) is 3.03. The first kappa shape index (κ1) is 14.3. The third kappa shape index (κ3) is 2.61. The van der Waals surface area contributed by atoms with E-state index in [1.54, 1.807) is 18.4 Å². The minimum atomic E-state index is 0.497. The van der Waals surface area contributed by atoms with E-state index >= 15 is 0 Å². The van der Waals surface area contributed by atoms with Crippen molar-refractivity contribution in [2.75, 3.05) is 13.0 Å². The van der Waals surface area contributed by atoms with E-state index in [1.165, 1.54) is 17.5 Å². The molecule has 0 unspecified atom stereocenters. The number of halogens is 1. The van der Waals surface area contributed by atoms with Crippen LogP contribution in [0.25, 0.3) is 11.2 Å². The van der Waals surface area contributed by atoms with Crippen LogP contribution in [0.5, 0.6) is 5.88 Å². The molecule has 0 radical (unpaired) electrons. The van der Waals surface area contributed by atoms with Gasteiger partial charge in [-0.1, -0.05) is 0 Å². The van der Waals surface area contributed by atoms with E-state index in [1.807, 2.05) is 0 Å². The zero-order valence-electron chi connectivity index (χ0n) is 11.8. The first-order chi connectivity index (χ1) is 10.2. The summed E-state index contributed by atoms with van der Waals surface area (Å²) in [6.45, 7) is 2.85. The summed E-state index contributed by atoms with van der Waals surface area (Å²) in [6, 6.07) is 0. The molecule has 0 saturated carbocycles. The number of fused-ring (bicyclic) bond motifs is 1. The monoisotopic (exact) mass is 322 g/mol. The molecule has 0 atom stereocenters. The maximum Gasteiger partial charge on any atom is 0.245 e. The highest BCUT2D eigenvalue weighted by Crippen LogP contribution is 2.24. The van der Waals surface area contributed by atoms with Crippen LogP contribution < -0.4 is 4.74 Å². The number of ether oxygens (including phenoxy) is 1. The molecule has 7 heteroatoms. The Morgan fingerprint density at radius 1 is 1.33 bits per heavy atom. The molecule has 0 fully saturated rings. The van der Waals surface area contributed by atoms with Crippen molar-refractivity contribution in [2.45, 2.75) is 19.9 Å². The van der Waals surface area contributed by atoms with Crippen LogP contribution in [0, 0.1) is 6.92 Å². The van der Waals surface area contributed by atoms with Crippen LogP contribution in [0.2, 0.25) is 0 Å². The zero-order valence-corrected chi connectivity index (χ0v) is 13.4. The van der Waals surface area contributed by atoms with Gasteiger partial charge in [-0.15, -0.1) is 11.6 Å². The summed E-state index contributed by atoms with van der Waals surface area (Å²) in [5.74, 6) is 1.92. The fraction of sp³-hybridized carbons (Fsp3) is 0.357. The topological polar surface area (TPSA) is 52.8 Å². The molecule has 3 aromatic heterocycles. The first-order valence-corrected chi connectivity index (χ1v) is 8.04. The molecule has 0 aliphatic heterocycles. The Hall–Kier alpha value is -1.66. The molecule has 5 nitrogen and oxygen atoms in total. The SMILES string of the molecule is COc1ncnc2c1nc(CCCl)n2Cc1cscc1C. The van der Waals surface area contributed by atoms with E-state index in [-0.39, 0.29) is 0 Å². The Kier molecular flexibility index (Phi) is 4.07. The molecule has 0 saturated heterocycles. The van der Waals surface area contributed by atoms with Crippen LogP contribution in [0.4, 0.5) is 0 Å². The van der Waals surface area contributed by atoms with Gasteiger partial charge >= 0.3 is 0 Å². The van der Waals surface area contributed by atoms with E-state index in [2.05, 4.69) is 37.2 Å². The molecular formula is C14H15ClN4OS. The van der Waals surface area contributed by atoms with Crippen molar-refractivity contribution >= 4 is 34.1 Å². The normalized spacial score (nSPS) is 11.2. The average molecular weight is 323 g/mol. The van der Waals surface area contributed by atoms with Crippen molar-refractivity contribution in [2.24, 2.45) is 0 Å². The second-order valence-electron chi connectivity index (χ2n) is 4.69. The van der Waals surface area contributed by atoms with Gasteiger partial charge in [-0.25, -0.2) is 9.97 Å². The van der Waals surface area contributed by atoms with Crippen LogP contribution in [0.15, 0.2) is 17.1 Å². The average Bonchev–Trinajstić information content (AvgIpc) is 3.05. The van der Waals surface area contributed by atoms with Crippen LogP contribution in [0.3, 0.4) is 0 Å². The smallest absolute Gasteiger partial charge is 0.245 e. The number of alkyl halides is 1. The number of aromatic nitrogens is 4. The van der Waals surface area contributed by atoms with Crippen molar-refractivity contribution < 1.29 is 4.74 Å². The van der Waals surface area contributed by atoms with Gasteiger partial charge in [0.15, 0.2) is 11.2 Å². The number of hydrogen-bond donors (Lipinski definition) is 0. The lowest BCUT2D eigenvalue weighted by atomic mass is 10.2. The number of hydrogen-bond acceptors (Lipinski definition) is 5. The number of imidazole rings is 1. The molecule has 0 aliphatic carbocycles. The van der Waals surface area contributed by atoms with Crippen LogP contribution in [-0.2, 0) is 13.0 Å². The van der Waals surface area contributed by atoms with E-state index in [0.717, 1.165) is 18.0 Å². The number of methoxy groups -OCH3 is 1. The molecule has 0 N–H and O–H groups in total. The van der Waals surface area contributed by atoms with Crippen molar-refractivity contribution in [3.63, 3.8) is 0 Å². The van der Waals surface area contributed by atoms with Crippen LogP contribution in [-0.4, -0.2) is 32.5 Å². The number of nitrogens with zero attached hydrogens (tertiary/aromatic N) is 4. The maximum absolute atomic E-state index is 5.90. The molecule has 0 amide bonds. The molecule has 0 spiro atoms. The minimum absolute atomic E-state index is 0.497. The van der Waals surface area contributed by atoms with Crippen molar-refractivity contribution in [1.82, 2.24) is 19.5 Å². The number of rotatable bonds is 5. The molecule has 0 bridgehead atoms. The largest absolute Gasteiger partial charge is 0.479 e. The summed E-state index contributed by atoms with van der Waals surface area (Å²) >= 11 is 7.61. The van der Waals surface area contributed by atoms with Gasteiger partial charge in [-0.3, -0.25) is 0 Å². The Balaban J connectivity index is 2.14. The van der Waals surface area contributed by atoms with Gasteiger partial charge in [0.05, 0.1) is 13.7 Å². The second-order valence-corrected chi connectivity index (χ2v) is 5.81. The third-order valence-corrected chi connectivity index (χ3v) is 4.48. The molecule has 0 aliphatic rings. The number of aryl methyl sites for hydroxylation is 2. The minimum Gasteiger partial charge on any atom is -0.479 e. The second kappa shape index (κ2) is 5.99. The van der Waals surface area contributed by atoms with Gasteiger partial charge in [0.25, 0.3) is 0 Å². The Morgan fingerprint density at radius 3 is 2.86 bits per heavy atom. The lowest BCUT2D eigenvalue weighted by Gasteiger charge is -2.07. The van der Waals surface area contributed by atoms with E-state index in [4.69, 9.17) is 16.3 Å². The van der Waals surface area contributed by atoms with Gasteiger partial charge in [0.2, 0.25) is 5.88 Å². The van der Waals surface area contributed by atoms with E-state index in [9.17, 15) is 0 Å². The fourth-order valence-electron chi connectivity index (χ4n) is 2.27. The highest BCUT2D eigenvalue weighted by Gasteiger charge is 2.17. The molecule has 110 valence electrons. The summed E-state index contributed by atoms with van der Waals surface area (Å²) in [6.07, 6.45) is 2.19. The highest BCUT2D eigenvalue weighted by atomic mass is 35.5. The van der Waals surface area contributed by atoms with Crippen molar-refractivity contribution in [3.8, 4) is 5.88 Å². The lowest BCUT2D eigenvalue weighted by molar-refractivity contribution is 0.401. The maximum atomic E-state index is 5.90. The third-order valence-electron chi connectivity index (χ3n) is 3.38. The van der Waals surface area contributed by atoms with E-state index in [0.29, 0.717) is 23.7 Å². The molecule has 3 heterocycles. The molecule has 0 aromatic carbocycles.